The number of anilines is 1. The number of hydrogen-bond acceptors (Lipinski definition) is 5. The van der Waals surface area contributed by atoms with Crippen molar-refractivity contribution >= 4 is 44.4 Å². The van der Waals surface area contributed by atoms with Crippen LogP contribution in [0.5, 0.6) is 0 Å². The van der Waals surface area contributed by atoms with Crippen LogP contribution in [0.15, 0.2) is 28.9 Å². The number of aromatic nitrogens is 1. The van der Waals surface area contributed by atoms with Crippen molar-refractivity contribution in [2.45, 2.75) is 77.0 Å². The Labute approximate surface area is 198 Å². The molecule has 2 aromatic rings. The third kappa shape index (κ3) is 5.25. The van der Waals surface area contributed by atoms with Crippen molar-refractivity contribution in [2.24, 2.45) is 5.92 Å². The zero-order valence-electron chi connectivity index (χ0n) is 19.3. The van der Waals surface area contributed by atoms with Crippen LogP contribution in [0.25, 0.3) is 10.9 Å². The van der Waals surface area contributed by atoms with Crippen molar-refractivity contribution in [1.29, 1.82) is 0 Å². The lowest BCUT2D eigenvalue weighted by atomic mass is 9.89. The molecule has 2 aliphatic carbocycles. The third-order valence-electron chi connectivity index (χ3n) is 6.32. The van der Waals surface area contributed by atoms with Crippen LogP contribution in [-0.2, 0) is 4.74 Å². The molecule has 0 atom stereocenters. The van der Waals surface area contributed by atoms with Gasteiger partial charge in [-0.05, 0) is 77.5 Å². The topological polar surface area (TPSA) is 71.5 Å². The molecule has 7 heteroatoms. The van der Waals surface area contributed by atoms with E-state index in [4.69, 9.17) is 4.74 Å². The van der Waals surface area contributed by atoms with E-state index in [1.54, 1.807) is 11.1 Å². The number of fused-ring (bicyclic) bond motifs is 1. The van der Waals surface area contributed by atoms with Crippen molar-refractivity contribution in [3.05, 3.63) is 34.4 Å². The van der Waals surface area contributed by atoms with E-state index in [0.29, 0.717) is 5.56 Å². The maximum absolute atomic E-state index is 13.0. The summed E-state index contributed by atoms with van der Waals surface area (Å²) in [5, 5.41) is 4.67. The number of amides is 1. The molecule has 1 aromatic heterocycles. The Morgan fingerprint density at radius 2 is 1.81 bits per heavy atom. The first-order valence-corrected chi connectivity index (χ1v) is 12.3. The lowest BCUT2D eigenvalue weighted by Gasteiger charge is -2.36. The summed E-state index contributed by atoms with van der Waals surface area (Å²) in [6, 6.07) is 6.39. The van der Waals surface area contributed by atoms with Crippen molar-refractivity contribution in [2.75, 3.05) is 12.4 Å². The Bertz CT molecular complexity index is 1020. The molecule has 2 fully saturated rings. The molecule has 0 radical (unpaired) electrons. The molecular weight excluding hydrogens is 470 g/mol. The lowest BCUT2D eigenvalue weighted by Crippen LogP contribution is -2.43. The van der Waals surface area contributed by atoms with Gasteiger partial charge in [0.2, 0.25) is 0 Å². The van der Waals surface area contributed by atoms with Gasteiger partial charge in [-0.1, -0.05) is 15.9 Å². The first-order chi connectivity index (χ1) is 15.1. The van der Waals surface area contributed by atoms with Gasteiger partial charge in [0.15, 0.2) is 5.78 Å². The maximum Gasteiger partial charge on any atom is 0.410 e. The number of benzene rings is 1. The molecule has 1 amide bonds. The summed E-state index contributed by atoms with van der Waals surface area (Å²) in [4.78, 5) is 31.7. The van der Waals surface area contributed by atoms with E-state index in [2.05, 4.69) is 26.2 Å². The first-order valence-electron chi connectivity index (χ1n) is 11.5. The zero-order chi connectivity index (χ0) is 23.0. The van der Waals surface area contributed by atoms with Crippen molar-refractivity contribution in [1.82, 2.24) is 9.88 Å². The Morgan fingerprint density at radius 3 is 2.44 bits per heavy atom. The number of carbonyl (C=O) groups excluding carboxylic acids is 2. The van der Waals surface area contributed by atoms with Gasteiger partial charge >= 0.3 is 6.09 Å². The number of hydrogen-bond donors (Lipinski definition) is 1. The van der Waals surface area contributed by atoms with E-state index in [9.17, 15) is 9.59 Å². The van der Waals surface area contributed by atoms with Crippen molar-refractivity contribution in [3.63, 3.8) is 0 Å². The Balaban J connectivity index is 1.49. The molecule has 4 rings (SSSR count). The van der Waals surface area contributed by atoms with Crippen molar-refractivity contribution < 1.29 is 14.3 Å². The molecule has 2 aliphatic rings. The molecule has 32 heavy (non-hydrogen) atoms. The predicted molar refractivity (Wildman–Crippen MR) is 130 cm³/mol. The SMILES string of the molecule is CN(C(=O)OC(C)(C)C)[C@H]1CC[C@H](Nc2c(C(=O)C3CC3)cnc3ccc(Br)cc23)CC1. The average Bonchev–Trinajstić information content (AvgIpc) is 3.58. The summed E-state index contributed by atoms with van der Waals surface area (Å²) in [5.74, 6) is 0.334. The molecular formula is C25H32BrN3O3. The van der Waals surface area contributed by atoms with E-state index >= 15 is 0 Å². The molecule has 2 saturated carbocycles. The average molecular weight is 502 g/mol. The number of ketones is 1. The minimum Gasteiger partial charge on any atom is -0.444 e. The van der Waals surface area contributed by atoms with Crippen LogP contribution in [0.3, 0.4) is 0 Å². The van der Waals surface area contributed by atoms with Gasteiger partial charge in [-0.2, -0.15) is 0 Å². The summed E-state index contributed by atoms with van der Waals surface area (Å²) in [5.41, 5.74) is 1.98. The minimum absolute atomic E-state index is 0.139. The molecule has 0 bridgehead atoms. The molecule has 6 nitrogen and oxygen atoms in total. The van der Waals surface area contributed by atoms with Gasteiger partial charge in [0.05, 0.1) is 16.8 Å². The standard InChI is InChI=1S/C25H32BrN3O3/c1-25(2,3)32-24(31)29(4)18-10-8-17(9-11-18)28-22-19-13-16(26)7-12-21(19)27-14-20(22)23(30)15-5-6-15/h7,12-15,17-18H,5-6,8-11H2,1-4H3,(H,27,28)/t17-,18-. The monoisotopic (exact) mass is 501 g/mol. The van der Waals surface area contributed by atoms with Gasteiger partial charge in [0, 0.05) is 41.1 Å². The number of ether oxygens (including phenoxy) is 1. The lowest BCUT2D eigenvalue weighted by molar-refractivity contribution is 0.0185. The second kappa shape index (κ2) is 9.00. The Kier molecular flexibility index (Phi) is 6.48. The second-order valence-electron chi connectivity index (χ2n) is 10.1. The molecule has 0 unspecified atom stereocenters. The third-order valence-corrected chi connectivity index (χ3v) is 6.81. The molecule has 0 spiro atoms. The quantitative estimate of drug-likeness (QED) is 0.495. The number of carbonyl (C=O) groups is 2. The number of nitrogens with one attached hydrogen (secondary N) is 1. The second-order valence-corrected chi connectivity index (χ2v) is 11.0. The van der Waals surface area contributed by atoms with Gasteiger partial charge < -0.3 is 15.0 Å². The fourth-order valence-corrected chi connectivity index (χ4v) is 4.73. The van der Waals surface area contributed by atoms with Gasteiger partial charge in [-0.15, -0.1) is 0 Å². The van der Waals surface area contributed by atoms with E-state index in [1.807, 2.05) is 46.0 Å². The van der Waals surface area contributed by atoms with Gasteiger partial charge in [0.1, 0.15) is 5.60 Å². The number of Topliss-reactive ketones (excluding diaryl/α,β-unsaturated/α-hetero) is 1. The number of halogens is 1. The van der Waals surface area contributed by atoms with Crippen LogP contribution < -0.4 is 5.32 Å². The van der Waals surface area contributed by atoms with E-state index in [-0.39, 0.29) is 29.9 Å². The van der Waals surface area contributed by atoms with Crippen LogP contribution in [0.1, 0.15) is 69.7 Å². The number of nitrogens with zero attached hydrogens (tertiary/aromatic N) is 2. The summed E-state index contributed by atoms with van der Waals surface area (Å²) < 4.78 is 6.49. The van der Waals surface area contributed by atoms with Crippen LogP contribution >= 0.6 is 15.9 Å². The Hall–Kier alpha value is -2.15. The number of pyridine rings is 1. The summed E-state index contributed by atoms with van der Waals surface area (Å²) >= 11 is 3.56. The minimum atomic E-state index is -0.495. The van der Waals surface area contributed by atoms with E-state index < -0.39 is 5.60 Å². The molecule has 1 heterocycles. The molecule has 0 saturated heterocycles. The van der Waals surface area contributed by atoms with Crippen LogP contribution in [0.4, 0.5) is 10.5 Å². The summed E-state index contributed by atoms with van der Waals surface area (Å²) in [6.07, 6.45) is 7.04. The van der Waals surface area contributed by atoms with Crippen LogP contribution in [-0.4, -0.2) is 46.5 Å². The van der Waals surface area contributed by atoms with Gasteiger partial charge in [0.25, 0.3) is 0 Å². The largest absolute Gasteiger partial charge is 0.444 e. The summed E-state index contributed by atoms with van der Waals surface area (Å²) in [6.45, 7) is 5.66. The summed E-state index contributed by atoms with van der Waals surface area (Å²) in [7, 11) is 1.83. The highest BCUT2D eigenvalue weighted by Gasteiger charge is 2.34. The highest BCUT2D eigenvalue weighted by Crippen LogP contribution is 2.38. The molecule has 1 aromatic carbocycles. The van der Waals surface area contributed by atoms with E-state index in [1.165, 1.54) is 0 Å². The smallest absolute Gasteiger partial charge is 0.410 e. The highest BCUT2D eigenvalue weighted by atomic mass is 79.9. The normalized spacial score (nSPS) is 21.3. The molecule has 0 aliphatic heterocycles. The maximum atomic E-state index is 13.0. The van der Waals surface area contributed by atoms with E-state index in [0.717, 1.165) is 59.6 Å². The first kappa shape index (κ1) is 23.0. The van der Waals surface area contributed by atoms with Gasteiger partial charge in [-0.25, -0.2) is 4.79 Å². The zero-order valence-corrected chi connectivity index (χ0v) is 20.9. The fraction of sp³-hybridized carbons (Fsp3) is 0.560. The van der Waals surface area contributed by atoms with Crippen molar-refractivity contribution in [3.8, 4) is 0 Å². The van der Waals surface area contributed by atoms with Crippen LogP contribution in [0.2, 0.25) is 0 Å². The fourth-order valence-electron chi connectivity index (χ4n) is 4.37. The molecule has 1 N–H and O–H groups in total. The molecule has 172 valence electrons. The van der Waals surface area contributed by atoms with Gasteiger partial charge in [-0.3, -0.25) is 9.78 Å². The highest BCUT2D eigenvalue weighted by molar-refractivity contribution is 9.10. The van der Waals surface area contributed by atoms with Crippen LogP contribution in [0, 0.1) is 5.92 Å². The predicted octanol–water partition coefficient (Wildman–Crippen LogP) is 6.18. The number of rotatable bonds is 5. The Morgan fingerprint density at radius 1 is 1.12 bits per heavy atom.